The van der Waals surface area contributed by atoms with Crippen molar-refractivity contribution >= 4 is 16.7 Å². The van der Waals surface area contributed by atoms with Crippen LogP contribution >= 0.6 is 0 Å². The van der Waals surface area contributed by atoms with Crippen molar-refractivity contribution in [1.29, 1.82) is 0 Å². The maximum absolute atomic E-state index is 13.3. The van der Waals surface area contributed by atoms with Gasteiger partial charge in [0, 0.05) is 4.90 Å². The second-order valence-corrected chi connectivity index (χ2v) is 9.66. The number of benzene rings is 3. The van der Waals surface area contributed by atoms with Gasteiger partial charge in [-0.3, -0.25) is 0 Å². The topological polar surface area (TPSA) is 38.7 Å². The highest BCUT2D eigenvalue weighted by atomic mass is 32.2. The molecule has 1 heterocycles. The molecule has 0 bridgehead atoms. The summed E-state index contributed by atoms with van der Waals surface area (Å²) in [5.41, 5.74) is 3.21. The van der Waals surface area contributed by atoms with E-state index in [0.717, 1.165) is 20.9 Å². The lowest BCUT2D eigenvalue weighted by Crippen LogP contribution is -2.11. The van der Waals surface area contributed by atoms with Crippen LogP contribution in [0.1, 0.15) is 43.5 Å². The number of nitrogens with zero attached hydrogens (tertiary/aromatic N) is 1. The third kappa shape index (κ3) is 4.18. The number of hydrogen-bond donors (Lipinski definition) is 0. The largest absolute Gasteiger partial charge is 0.475 e. The monoisotopic (exact) mass is 403 g/mol. The van der Waals surface area contributed by atoms with Crippen LogP contribution in [0, 0.1) is 0 Å². The van der Waals surface area contributed by atoms with E-state index in [-0.39, 0.29) is 11.5 Å². The zero-order valence-electron chi connectivity index (χ0n) is 17.0. The van der Waals surface area contributed by atoms with Crippen LogP contribution < -0.4 is 0 Å². The first-order chi connectivity index (χ1) is 13.9. The Morgan fingerprint density at radius 2 is 1.55 bits per heavy atom. The van der Waals surface area contributed by atoms with Crippen molar-refractivity contribution in [2.75, 3.05) is 6.61 Å². The van der Waals surface area contributed by atoms with Gasteiger partial charge in [-0.2, -0.15) is 0 Å². The number of aliphatic imine (C=N–C) groups is 1. The maximum atomic E-state index is 13.3. The van der Waals surface area contributed by atoms with Crippen molar-refractivity contribution in [2.24, 2.45) is 4.99 Å². The molecule has 3 aromatic carbocycles. The minimum Gasteiger partial charge on any atom is -0.475 e. The van der Waals surface area contributed by atoms with Crippen LogP contribution in [-0.2, 0) is 21.0 Å². The average Bonchev–Trinajstić information content (AvgIpc) is 3.23. The quantitative estimate of drug-likeness (QED) is 0.563. The predicted molar refractivity (Wildman–Crippen MR) is 118 cm³/mol. The van der Waals surface area contributed by atoms with Crippen molar-refractivity contribution in [2.45, 2.75) is 42.0 Å². The minimum atomic E-state index is -1.31. The highest BCUT2D eigenvalue weighted by Crippen LogP contribution is 2.29. The Morgan fingerprint density at radius 3 is 2.24 bits per heavy atom. The van der Waals surface area contributed by atoms with Crippen LogP contribution in [0.2, 0.25) is 0 Å². The van der Waals surface area contributed by atoms with E-state index in [1.54, 1.807) is 0 Å². The summed E-state index contributed by atoms with van der Waals surface area (Å²) in [5.74, 6) is 0.564. The van der Waals surface area contributed by atoms with Crippen molar-refractivity contribution in [1.82, 2.24) is 0 Å². The van der Waals surface area contributed by atoms with Gasteiger partial charge in [0.25, 0.3) is 0 Å². The summed E-state index contributed by atoms with van der Waals surface area (Å²) in [5, 5.41) is 0. The molecular weight excluding hydrogens is 378 g/mol. The fourth-order valence-corrected chi connectivity index (χ4v) is 4.57. The fourth-order valence-electron chi connectivity index (χ4n) is 3.38. The van der Waals surface area contributed by atoms with E-state index >= 15 is 0 Å². The van der Waals surface area contributed by atoms with Crippen LogP contribution in [0.5, 0.6) is 0 Å². The Labute approximate surface area is 174 Å². The summed E-state index contributed by atoms with van der Waals surface area (Å²) in [6.45, 7) is 7.02. The molecule has 29 heavy (non-hydrogen) atoms. The Balaban J connectivity index is 1.64. The predicted octanol–water partition coefficient (Wildman–Crippen LogP) is 5.67. The van der Waals surface area contributed by atoms with Gasteiger partial charge in [-0.05, 0) is 40.8 Å². The molecule has 4 heteroatoms. The fraction of sp³-hybridized carbons (Fsp3) is 0.240. The maximum Gasteiger partial charge on any atom is 0.218 e. The molecule has 3 aromatic rings. The third-order valence-electron chi connectivity index (χ3n) is 5.09. The Bertz CT molecular complexity index is 1050. The van der Waals surface area contributed by atoms with Crippen LogP contribution in [0.15, 0.2) is 93.6 Å². The van der Waals surface area contributed by atoms with Gasteiger partial charge >= 0.3 is 0 Å². The molecule has 0 saturated carbocycles. The lowest BCUT2D eigenvalue weighted by molar-refractivity contribution is 0.319. The van der Waals surface area contributed by atoms with E-state index in [0.29, 0.717) is 12.5 Å². The lowest BCUT2D eigenvalue weighted by Gasteiger charge is -2.19. The van der Waals surface area contributed by atoms with Gasteiger partial charge in [0.15, 0.2) is 0 Å². The van der Waals surface area contributed by atoms with E-state index in [1.165, 1.54) is 5.56 Å². The van der Waals surface area contributed by atoms with Crippen LogP contribution in [0.3, 0.4) is 0 Å². The first kappa shape index (κ1) is 19.6. The second kappa shape index (κ2) is 7.96. The summed E-state index contributed by atoms with van der Waals surface area (Å²) in [6.07, 6.45) is 0. The van der Waals surface area contributed by atoms with Gasteiger partial charge in [0.05, 0.1) is 21.3 Å². The van der Waals surface area contributed by atoms with E-state index in [2.05, 4.69) is 45.0 Å². The molecule has 0 aliphatic carbocycles. The van der Waals surface area contributed by atoms with E-state index in [9.17, 15) is 4.21 Å². The first-order valence-electron chi connectivity index (χ1n) is 9.81. The molecule has 0 aromatic heterocycles. The molecular formula is C25H25NO2S. The van der Waals surface area contributed by atoms with Gasteiger partial charge in [-0.15, -0.1) is 0 Å². The molecule has 0 N–H and O–H groups in total. The third-order valence-corrected chi connectivity index (χ3v) is 6.54. The Kier molecular flexibility index (Phi) is 5.37. The van der Waals surface area contributed by atoms with E-state index in [1.807, 2.05) is 54.6 Å². The molecule has 4 rings (SSSR count). The van der Waals surface area contributed by atoms with E-state index in [4.69, 9.17) is 9.73 Å². The lowest BCUT2D eigenvalue weighted by atomic mass is 9.87. The molecule has 1 aliphatic heterocycles. The van der Waals surface area contributed by atoms with Crippen molar-refractivity contribution in [3.8, 4) is 0 Å². The van der Waals surface area contributed by atoms with Crippen molar-refractivity contribution in [3.05, 3.63) is 95.6 Å². The van der Waals surface area contributed by atoms with Crippen LogP contribution in [0.25, 0.3) is 0 Å². The summed E-state index contributed by atoms with van der Waals surface area (Å²) >= 11 is 0. The average molecular weight is 404 g/mol. The Morgan fingerprint density at radius 1 is 0.897 bits per heavy atom. The number of hydrogen-bond acceptors (Lipinski definition) is 3. The molecule has 2 atom stereocenters. The number of rotatable bonds is 4. The zero-order chi connectivity index (χ0) is 20.4. The molecule has 0 fully saturated rings. The molecule has 0 radical (unpaired) electrons. The normalized spacial score (nSPS) is 17.5. The van der Waals surface area contributed by atoms with Gasteiger partial charge in [-0.1, -0.05) is 75.4 Å². The highest BCUT2D eigenvalue weighted by molar-refractivity contribution is 7.85. The molecule has 3 nitrogen and oxygen atoms in total. The molecule has 1 unspecified atom stereocenters. The number of ether oxygens (including phenoxy) is 1. The van der Waals surface area contributed by atoms with Crippen LogP contribution in [-0.4, -0.2) is 16.7 Å². The second-order valence-electron chi connectivity index (χ2n) is 8.21. The van der Waals surface area contributed by atoms with Gasteiger partial charge < -0.3 is 4.74 Å². The molecule has 0 saturated heterocycles. The van der Waals surface area contributed by atoms with Crippen LogP contribution in [0.4, 0.5) is 0 Å². The van der Waals surface area contributed by atoms with Gasteiger partial charge in [0.2, 0.25) is 5.90 Å². The summed E-state index contributed by atoms with van der Waals surface area (Å²) in [4.78, 5) is 6.28. The van der Waals surface area contributed by atoms with Crippen molar-refractivity contribution in [3.63, 3.8) is 0 Å². The first-order valence-corrected chi connectivity index (χ1v) is 11.0. The molecule has 1 aliphatic rings. The summed E-state index contributed by atoms with van der Waals surface area (Å²) in [6, 6.07) is 25.8. The van der Waals surface area contributed by atoms with E-state index < -0.39 is 10.8 Å². The van der Waals surface area contributed by atoms with Gasteiger partial charge in [0.1, 0.15) is 12.6 Å². The molecule has 0 amide bonds. The van der Waals surface area contributed by atoms with Crippen molar-refractivity contribution < 1.29 is 8.95 Å². The van der Waals surface area contributed by atoms with Gasteiger partial charge in [-0.25, -0.2) is 9.20 Å². The standard InChI is InChI=1S/C25H25NO2S/c1-25(2,3)19-13-15-20(16-14-19)29(27)23-12-8-7-11-21(23)24-26-22(17-28-24)18-9-5-4-6-10-18/h4-16,22H,17H2,1-3H3/t22-,29?/m0/s1. The highest BCUT2D eigenvalue weighted by Gasteiger charge is 2.25. The summed E-state index contributed by atoms with van der Waals surface area (Å²) < 4.78 is 19.2. The summed E-state index contributed by atoms with van der Waals surface area (Å²) in [7, 11) is -1.31. The Hall–Kier alpha value is -2.72. The smallest absolute Gasteiger partial charge is 0.218 e. The molecule has 148 valence electrons. The minimum absolute atomic E-state index is 0.0289. The SMILES string of the molecule is CC(C)(C)c1ccc(S(=O)c2ccccc2C2=N[C@H](c3ccccc3)CO2)cc1. The molecule has 0 spiro atoms. The zero-order valence-corrected chi connectivity index (χ0v) is 17.8.